The van der Waals surface area contributed by atoms with Crippen molar-refractivity contribution in [1.29, 1.82) is 0 Å². The van der Waals surface area contributed by atoms with Crippen molar-refractivity contribution in [3.63, 3.8) is 0 Å². The molecule has 70 valence electrons. The van der Waals surface area contributed by atoms with Crippen LogP contribution >= 0.6 is 0 Å². The smallest absolute Gasteiger partial charge is 0.0632 e. The molecule has 0 spiro atoms. The fraction of sp³-hybridized carbons (Fsp3) is 0.455. The summed E-state index contributed by atoms with van der Waals surface area (Å²) >= 11 is 0. The van der Waals surface area contributed by atoms with Crippen molar-refractivity contribution in [2.24, 2.45) is 0 Å². The molecule has 1 atom stereocenters. The second-order valence-corrected chi connectivity index (χ2v) is 3.66. The van der Waals surface area contributed by atoms with Gasteiger partial charge in [0.05, 0.1) is 6.61 Å². The third-order valence-electron chi connectivity index (χ3n) is 2.73. The molecular formula is C11H15NO. The van der Waals surface area contributed by atoms with Gasteiger partial charge in [-0.05, 0) is 37.0 Å². The van der Waals surface area contributed by atoms with Crippen LogP contribution in [0, 0.1) is 6.92 Å². The normalized spacial score (nSPS) is 20.6. The maximum absolute atomic E-state index is 9.02. The standard InChI is InChI=1S/C11H15NO/c1-8-3-2-4-11-10(8)6-5-9(7-13)12-11/h2-4,9,12-13H,5-7H2,1H3/t9-/m1/s1. The van der Waals surface area contributed by atoms with Gasteiger partial charge in [-0.15, -0.1) is 0 Å². The van der Waals surface area contributed by atoms with Gasteiger partial charge in [-0.2, -0.15) is 0 Å². The number of anilines is 1. The largest absolute Gasteiger partial charge is 0.394 e. The lowest BCUT2D eigenvalue weighted by Gasteiger charge is -2.26. The van der Waals surface area contributed by atoms with E-state index in [1.165, 1.54) is 16.8 Å². The molecule has 2 heteroatoms. The van der Waals surface area contributed by atoms with E-state index >= 15 is 0 Å². The van der Waals surface area contributed by atoms with E-state index < -0.39 is 0 Å². The Morgan fingerprint density at radius 2 is 2.38 bits per heavy atom. The molecule has 13 heavy (non-hydrogen) atoms. The van der Waals surface area contributed by atoms with Crippen molar-refractivity contribution < 1.29 is 5.11 Å². The molecule has 0 radical (unpaired) electrons. The van der Waals surface area contributed by atoms with Crippen LogP contribution in [0.1, 0.15) is 17.5 Å². The Morgan fingerprint density at radius 1 is 1.54 bits per heavy atom. The first-order chi connectivity index (χ1) is 6.31. The molecule has 0 saturated carbocycles. The van der Waals surface area contributed by atoms with Crippen LogP contribution in [-0.4, -0.2) is 17.8 Å². The Balaban J connectivity index is 2.31. The van der Waals surface area contributed by atoms with Crippen LogP contribution in [0.5, 0.6) is 0 Å². The van der Waals surface area contributed by atoms with Crippen molar-refractivity contribution in [2.75, 3.05) is 11.9 Å². The van der Waals surface area contributed by atoms with E-state index in [0.717, 1.165) is 12.8 Å². The minimum Gasteiger partial charge on any atom is -0.394 e. The van der Waals surface area contributed by atoms with Crippen LogP contribution in [0.25, 0.3) is 0 Å². The Labute approximate surface area is 78.6 Å². The Kier molecular flexibility index (Phi) is 2.23. The highest BCUT2D eigenvalue weighted by Gasteiger charge is 2.17. The van der Waals surface area contributed by atoms with Gasteiger partial charge in [0, 0.05) is 11.7 Å². The fourth-order valence-electron chi connectivity index (χ4n) is 1.92. The van der Waals surface area contributed by atoms with E-state index in [1.54, 1.807) is 0 Å². The zero-order valence-electron chi connectivity index (χ0n) is 7.88. The van der Waals surface area contributed by atoms with Crippen LogP contribution in [0.15, 0.2) is 18.2 Å². The highest BCUT2D eigenvalue weighted by Crippen LogP contribution is 2.26. The second-order valence-electron chi connectivity index (χ2n) is 3.66. The molecule has 0 aliphatic carbocycles. The molecule has 0 bridgehead atoms. The van der Waals surface area contributed by atoms with Crippen molar-refractivity contribution in [3.8, 4) is 0 Å². The number of aryl methyl sites for hydroxylation is 1. The summed E-state index contributed by atoms with van der Waals surface area (Å²) in [6.45, 7) is 2.37. The van der Waals surface area contributed by atoms with Gasteiger partial charge >= 0.3 is 0 Å². The van der Waals surface area contributed by atoms with Gasteiger partial charge in [-0.25, -0.2) is 0 Å². The van der Waals surface area contributed by atoms with E-state index in [0.29, 0.717) is 0 Å². The minimum absolute atomic E-state index is 0.230. The van der Waals surface area contributed by atoms with Crippen LogP contribution in [-0.2, 0) is 6.42 Å². The number of aliphatic hydroxyl groups is 1. The molecular weight excluding hydrogens is 162 g/mol. The van der Waals surface area contributed by atoms with Gasteiger partial charge in [-0.1, -0.05) is 12.1 Å². The third kappa shape index (κ3) is 1.54. The van der Waals surface area contributed by atoms with E-state index in [9.17, 15) is 0 Å². The molecule has 1 aromatic rings. The Morgan fingerprint density at radius 3 is 3.15 bits per heavy atom. The first kappa shape index (κ1) is 8.57. The van der Waals surface area contributed by atoms with Crippen LogP contribution < -0.4 is 5.32 Å². The number of fused-ring (bicyclic) bond motifs is 1. The third-order valence-corrected chi connectivity index (χ3v) is 2.73. The molecule has 0 aromatic heterocycles. The summed E-state index contributed by atoms with van der Waals surface area (Å²) < 4.78 is 0. The van der Waals surface area contributed by atoms with E-state index in [-0.39, 0.29) is 12.6 Å². The lowest BCUT2D eigenvalue weighted by atomic mass is 9.95. The predicted molar refractivity (Wildman–Crippen MR) is 54.0 cm³/mol. The van der Waals surface area contributed by atoms with E-state index in [2.05, 4.69) is 30.4 Å². The molecule has 1 aliphatic rings. The van der Waals surface area contributed by atoms with Gasteiger partial charge in [0.15, 0.2) is 0 Å². The van der Waals surface area contributed by atoms with E-state index in [4.69, 9.17) is 5.11 Å². The van der Waals surface area contributed by atoms with Gasteiger partial charge in [0.1, 0.15) is 0 Å². The van der Waals surface area contributed by atoms with Crippen molar-refractivity contribution in [1.82, 2.24) is 0 Å². The summed E-state index contributed by atoms with van der Waals surface area (Å²) in [5.41, 5.74) is 3.96. The highest BCUT2D eigenvalue weighted by molar-refractivity contribution is 5.56. The quantitative estimate of drug-likeness (QED) is 0.684. The summed E-state index contributed by atoms with van der Waals surface area (Å²) in [4.78, 5) is 0. The molecule has 1 aliphatic heterocycles. The number of aliphatic hydroxyl groups excluding tert-OH is 1. The van der Waals surface area contributed by atoms with Gasteiger partial charge in [0.2, 0.25) is 0 Å². The van der Waals surface area contributed by atoms with Gasteiger partial charge < -0.3 is 10.4 Å². The zero-order valence-corrected chi connectivity index (χ0v) is 7.88. The molecule has 0 fully saturated rings. The van der Waals surface area contributed by atoms with Gasteiger partial charge in [0.25, 0.3) is 0 Å². The lowest BCUT2D eigenvalue weighted by Crippen LogP contribution is -2.28. The van der Waals surface area contributed by atoms with Crippen LogP contribution in [0.4, 0.5) is 5.69 Å². The number of hydrogen-bond donors (Lipinski definition) is 2. The second kappa shape index (κ2) is 3.38. The summed E-state index contributed by atoms with van der Waals surface area (Å²) in [5.74, 6) is 0. The maximum Gasteiger partial charge on any atom is 0.0632 e. The molecule has 2 nitrogen and oxygen atoms in total. The minimum atomic E-state index is 0.230. The summed E-state index contributed by atoms with van der Waals surface area (Å²) in [6.07, 6.45) is 2.12. The Hall–Kier alpha value is -1.02. The number of hydrogen-bond acceptors (Lipinski definition) is 2. The summed E-state index contributed by atoms with van der Waals surface area (Å²) in [7, 11) is 0. The molecule has 1 aromatic carbocycles. The number of rotatable bonds is 1. The number of benzene rings is 1. The molecule has 2 rings (SSSR count). The molecule has 0 unspecified atom stereocenters. The van der Waals surface area contributed by atoms with Crippen LogP contribution in [0.3, 0.4) is 0 Å². The SMILES string of the molecule is Cc1cccc2c1CC[C@H](CO)N2. The fourth-order valence-corrected chi connectivity index (χ4v) is 1.92. The molecule has 2 N–H and O–H groups in total. The zero-order chi connectivity index (χ0) is 9.26. The molecule has 1 heterocycles. The average Bonchev–Trinajstić information content (AvgIpc) is 2.18. The lowest BCUT2D eigenvalue weighted by molar-refractivity contribution is 0.267. The predicted octanol–water partition coefficient (Wildman–Crippen LogP) is 1.71. The maximum atomic E-state index is 9.02. The first-order valence-electron chi connectivity index (χ1n) is 4.77. The molecule has 0 amide bonds. The summed E-state index contributed by atoms with van der Waals surface area (Å²) in [6, 6.07) is 6.53. The van der Waals surface area contributed by atoms with Crippen molar-refractivity contribution in [3.05, 3.63) is 29.3 Å². The average molecular weight is 177 g/mol. The topological polar surface area (TPSA) is 32.3 Å². The first-order valence-corrected chi connectivity index (χ1v) is 4.77. The number of nitrogens with one attached hydrogen (secondary N) is 1. The Bertz CT molecular complexity index is 309. The monoisotopic (exact) mass is 177 g/mol. The highest BCUT2D eigenvalue weighted by atomic mass is 16.3. The van der Waals surface area contributed by atoms with E-state index in [1.807, 2.05) is 0 Å². The summed E-state index contributed by atoms with van der Waals surface area (Å²) in [5, 5.41) is 12.4. The van der Waals surface area contributed by atoms with Gasteiger partial charge in [-0.3, -0.25) is 0 Å². The van der Waals surface area contributed by atoms with Crippen molar-refractivity contribution >= 4 is 5.69 Å². The van der Waals surface area contributed by atoms with Crippen LogP contribution in [0.2, 0.25) is 0 Å². The molecule has 0 saturated heterocycles. The van der Waals surface area contributed by atoms with Crippen molar-refractivity contribution in [2.45, 2.75) is 25.8 Å².